The number of nitrogens with zero attached hydrogens (tertiary/aromatic N) is 1. The number of hydrogen-bond donors (Lipinski definition) is 1. The number of aryl methyl sites for hydroxylation is 2. The maximum absolute atomic E-state index is 12.0. The van der Waals surface area contributed by atoms with E-state index in [0.717, 1.165) is 35.5 Å². The molecule has 0 spiro atoms. The van der Waals surface area contributed by atoms with E-state index in [0.29, 0.717) is 0 Å². The summed E-state index contributed by atoms with van der Waals surface area (Å²) in [6.07, 6.45) is 3.55. The third-order valence-electron chi connectivity index (χ3n) is 3.87. The fourth-order valence-corrected chi connectivity index (χ4v) is 3.48. The van der Waals surface area contributed by atoms with Gasteiger partial charge in [0.2, 0.25) is 5.91 Å². The predicted octanol–water partition coefficient (Wildman–Crippen LogP) is 2.74. The van der Waals surface area contributed by atoms with Gasteiger partial charge in [0.25, 0.3) is 0 Å². The van der Waals surface area contributed by atoms with Crippen molar-refractivity contribution in [1.82, 2.24) is 4.98 Å². The topological polar surface area (TPSA) is 42.0 Å². The highest BCUT2D eigenvalue weighted by Gasteiger charge is 2.48. The van der Waals surface area contributed by atoms with Crippen LogP contribution in [-0.4, -0.2) is 10.9 Å². The van der Waals surface area contributed by atoms with Crippen LogP contribution in [0.5, 0.6) is 0 Å². The Bertz CT molecular complexity index is 411. The van der Waals surface area contributed by atoms with Gasteiger partial charge in [-0.3, -0.25) is 4.79 Å². The van der Waals surface area contributed by atoms with E-state index in [2.05, 4.69) is 10.3 Å². The molecule has 4 heteroatoms. The summed E-state index contributed by atoms with van der Waals surface area (Å²) < 4.78 is 0. The lowest BCUT2D eigenvalue weighted by Crippen LogP contribution is -2.21. The Morgan fingerprint density at radius 3 is 2.56 bits per heavy atom. The van der Waals surface area contributed by atoms with Crippen molar-refractivity contribution in [2.24, 2.45) is 17.8 Å². The van der Waals surface area contributed by atoms with Crippen LogP contribution in [0.3, 0.4) is 0 Å². The molecule has 0 radical (unpaired) electrons. The number of thiazole rings is 1. The first-order chi connectivity index (χ1) is 7.63. The molecule has 2 aliphatic rings. The van der Waals surface area contributed by atoms with Crippen LogP contribution < -0.4 is 5.32 Å². The summed E-state index contributed by atoms with van der Waals surface area (Å²) in [6.45, 7) is 4.01. The molecule has 3 rings (SSSR count). The zero-order chi connectivity index (χ0) is 11.3. The molecule has 1 N–H and O–H groups in total. The number of aromatic nitrogens is 1. The number of amides is 1. The van der Waals surface area contributed by atoms with Gasteiger partial charge in [0.1, 0.15) is 0 Å². The molecule has 0 saturated heterocycles. The van der Waals surface area contributed by atoms with Crippen LogP contribution in [0.4, 0.5) is 5.13 Å². The minimum atomic E-state index is 0.181. The molecule has 0 aliphatic heterocycles. The minimum absolute atomic E-state index is 0.181. The van der Waals surface area contributed by atoms with Gasteiger partial charge in [0, 0.05) is 10.8 Å². The number of carbonyl (C=O) groups is 1. The van der Waals surface area contributed by atoms with Crippen molar-refractivity contribution in [1.29, 1.82) is 0 Å². The lowest BCUT2D eigenvalue weighted by Gasteiger charge is -2.09. The van der Waals surface area contributed by atoms with Crippen molar-refractivity contribution < 1.29 is 4.79 Å². The zero-order valence-corrected chi connectivity index (χ0v) is 10.4. The van der Waals surface area contributed by atoms with E-state index >= 15 is 0 Å². The van der Waals surface area contributed by atoms with Gasteiger partial charge in [-0.05, 0) is 44.9 Å². The first-order valence-corrected chi connectivity index (χ1v) is 6.70. The second kappa shape index (κ2) is 3.55. The number of nitrogens with one attached hydrogen (secondary N) is 1. The van der Waals surface area contributed by atoms with Crippen LogP contribution in [-0.2, 0) is 4.79 Å². The summed E-state index contributed by atoms with van der Waals surface area (Å²) in [6, 6.07) is 0. The molecule has 2 saturated carbocycles. The predicted molar refractivity (Wildman–Crippen MR) is 64.5 cm³/mol. The van der Waals surface area contributed by atoms with Crippen molar-refractivity contribution >= 4 is 22.4 Å². The summed E-state index contributed by atoms with van der Waals surface area (Å²) in [7, 11) is 0. The summed E-state index contributed by atoms with van der Waals surface area (Å²) in [5.74, 6) is 2.14. The molecule has 2 aliphatic carbocycles. The molecule has 86 valence electrons. The molecule has 2 atom stereocenters. The van der Waals surface area contributed by atoms with Crippen LogP contribution in [0.2, 0.25) is 0 Å². The number of carbonyl (C=O) groups excluding carboxylic acids is 1. The summed E-state index contributed by atoms with van der Waals surface area (Å²) >= 11 is 1.57. The van der Waals surface area contributed by atoms with E-state index in [1.54, 1.807) is 11.3 Å². The van der Waals surface area contributed by atoms with E-state index in [1.807, 2.05) is 13.8 Å². The molecule has 1 aromatic heterocycles. The van der Waals surface area contributed by atoms with Gasteiger partial charge in [-0.25, -0.2) is 4.98 Å². The van der Waals surface area contributed by atoms with Crippen LogP contribution in [0.25, 0.3) is 0 Å². The highest BCUT2D eigenvalue weighted by molar-refractivity contribution is 7.15. The van der Waals surface area contributed by atoms with Gasteiger partial charge >= 0.3 is 0 Å². The quantitative estimate of drug-likeness (QED) is 0.858. The fraction of sp³-hybridized carbons (Fsp3) is 0.667. The Hall–Kier alpha value is -0.900. The molecular formula is C12H16N2OS. The highest BCUT2D eigenvalue weighted by atomic mass is 32.1. The molecule has 1 heterocycles. The largest absolute Gasteiger partial charge is 0.302 e. The molecule has 0 bridgehead atoms. The number of anilines is 1. The van der Waals surface area contributed by atoms with Gasteiger partial charge in [0.05, 0.1) is 5.69 Å². The third-order valence-corrected chi connectivity index (χ3v) is 4.86. The molecular weight excluding hydrogens is 220 g/mol. The Kier molecular flexibility index (Phi) is 2.28. The second-order valence-electron chi connectivity index (χ2n) is 5.07. The second-order valence-corrected chi connectivity index (χ2v) is 6.28. The average molecular weight is 236 g/mol. The molecule has 2 unspecified atom stereocenters. The standard InChI is InChI=1S/C12H16N2OS/c1-6-7(2)16-12(13-6)14-11(15)10-4-8-3-9(8)5-10/h8-10H,3-5H2,1-2H3,(H,13,14,15). The maximum Gasteiger partial charge on any atom is 0.229 e. The Labute approximate surface area is 99.3 Å². The van der Waals surface area contributed by atoms with E-state index in [1.165, 1.54) is 11.3 Å². The van der Waals surface area contributed by atoms with Gasteiger partial charge in [-0.1, -0.05) is 0 Å². The molecule has 0 aromatic carbocycles. The molecule has 2 fully saturated rings. The number of rotatable bonds is 2. The molecule has 1 amide bonds. The zero-order valence-electron chi connectivity index (χ0n) is 9.62. The van der Waals surface area contributed by atoms with Crippen LogP contribution in [0.15, 0.2) is 0 Å². The highest BCUT2D eigenvalue weighted by Crippen LogP contribution is 2.54. The van der Waals surface area contributed by atoms with Crippen molar-refractivity contribution in [2.75, 3.05) is 5.32 Å². The van der Waals surface area contributed by atoms with Crippen molar-refractivity contribution in [3.63, 3.8) is 0 Å². The Balaban J connectivity index is 1.63. The normalized spacial score (nSPS) is 31.2. The SMILES string of the molecule is Cc1nc(NC(=O)C2CC3CC3C2)sc1C. The number of fused-ring (bicyclic) bond motifs is 1. The fourth-order valence-electron chi connectivity index (χ4n) is 2.66. The Morgan fingerprint density at radius 2 is 2.00 bits per heavy atom. The van der Waals surface area contributed by atoms with Crippen molar-refractivity contribution in [2.45, 2.75) is 33.1 Å². The third kappa shape index (κ3) is 1.75. The maximum atomic E-state index is 12.0. The van der Waals surface area contributed by atoms with Gasteiger partial charge in [-0.2, -0.15) is 0 Å². The monoisotopic (exact) mass is 236 g/mol. The lowest BCUT2D eigenvalue weighted by molar-refractivity contribution is -0.120. The van der Waals surface area contributed by atoms with Crippen molar-refractivity contribution in [3.8, 4) is 0 Å². The van der Waals surface area contributed by atoms with Crippen molar-refractivity contribution in [3.05, 3.63) is 10.6 Å². The van der Waals surface area contributed by atoms with E-state index in [-0.39, 0.29) is 11.8 Å². The van der Waals surface area contributed by atoms with Gasteiger partial charge < -0.3 is 5.32 Å². The Morgan fingerprint density at radius 1 is 1.31 bits per heavy atom. The minimum Gasteiger partial charge on any atom is -0.302 e. The van der Waals surface area contributed by atoms with Crippen LogP contribution in [0, 0.1) is 31.6 Å². The summed E-state index contributed by atoms with van der Waals surface area (Å²) in [5.41, 5.74) is 1.02. The molecule has 16 heavy (non-hydrogen) atoms. The first-order valence-electron chi connectivity index (χ1n) is 5.88. The number of hydrogen-bond acceptors (Lipinski definition) is 3. The van der Waals surface area contributed by atoms with Crippen LogP contribution >= 0.6 is 11.3 Å². The molecule has 3 nitrogen and oxygen atoms in total. The van der Waals surface area contributed by atoms with E-state index < -0.39 is 0 Å². The average Bonchev–Trinajstić information content (AvgIpc) is 2.71. The summed E-state index contributed by atoms with van der Waals surface area (Å²) in [4.78, 5) is 17.5. The van der Waals surface area contributed by atoms with E-state index in [9.17, 15) is 4.79 Å². The van der Waals surface area contributed by atoms with Gasteiger partial charge in [-0.15, -0.1) is 11.3 Å². The van der Waals surface area contributed by atoms with Gasteiger partial charge in [0.15, 0.2) is 5.13 Å². The molecule has 1 aromatic rings. The smallest absolute Gasteiger partial charge is 0.229 e. The first kappa shape index (κ1) is 10.3. The lowest BCUT2D eigenvalue weighted by atomic mass is 10.0. The summed E-state index contributed by atoms with van der Waals surface area (Å²) in [5, 5.41) is 3.72. The van der Waals surface area contributed by atoms with Crippen LogP contribution in [0.1, 0.15) is 29.8 Å². The van der Waals surface area contributed by atoms with E-state index in [4.69, 9.17) is 0 Å².